The number of rotatable bonds is 7. The van der Waals surface area contributed by atoms with Crippen molar-refractivity contribution >= 4 is 67.6 Å². The van der Waals surface area contributed by atoms with E-state index in [1.165, 1.54) is 28.0 Å². The normalized spacial score (nSPS) is 21.5. The molecule has 8 rings (SSSR count). The molecule has 294 valence electrons. The number of carbonyl (C=O) groups is 3. The van der Waals surface area contributed by atoms with Gasteiger partial charge < -0.3 is 10.2 Å². The highest BCUT2D eigenvalue weighted by molar-refractivity contribution is 7.18. The van der Waals surface area contributed by atoms with Crippen LogP contribution in [0.3, 0.4) is 0 Å². The van der Waals surface area contributed by atoms with Gasteiger partial charge in [-0.2, -0.15) is 13.2 Å². The molecule has 0 bridgehead atoms. The Kier molecular flexibility index (Phi) is 10.2. The van der Waals surface area contributed by atoms with Gasteiger partial charge in [-0.3, -0.25) is 28.8 Å². The number of hydrogen-bond acceptors (Lipinski definition) is 8. The molecule has 3 aliphatic rings. The first-order valence-corrected chi connectivity index (χ1v) is 19.8. The molecule has 5 aromatic rings. The van der Waals surface area contributed by atoms with E-state index in [-0.39, 0.29) is 42.0 Å². The van der Waals surface area contributed by atoms with E-state index in [1.54, 1.807) is 17.7 Å². The molecule has 2 saturated heterocycles. The number of imidazole rings is 1. The molecule has 0 radical (unpaired) electrons. The van der Waals surface area contributed by atoms with E-state index >= 15 is 4.39 Å². The van der Waals surface area contributed by atoms with Crippen LogP contribution in [0.4, 0.5) is 23.2 Å². The Morgan fingerprint density at radius 2 is 1.73 bits per heavy atom. The third-order valence-electron chi connectivity index (χ3n) is 11.4. The molecule has 3 amide bonds. The lowest BCUT2D eigenvalue weighted by Gasteiger charge is -2.36. The topological polar surface area (TPSA) is 131 Å². The Morgan fingerprint density at radius 3 is 2.45 bits per heavy atom. The molecule has 2 aromatic carbocycles. The Bertz CT molecular complexity index is 2430. The number of anilines is 1. The number of nitrogens with one attached hydrogen (secondary N) is 2. The van der Waals surface area contributed by atoms with Gasteiger partial charge in [0.15, 0.2) is 0 Å². The minimum absolute atomic E-state index is 0.154. The minimum Gasteiger partial charge on any atom is -0.318 e. The van der Waals surface area contributed by atoms with Crippen LogP contribution >= 0.6 is 22.9 Å². The molecule has 3 fully saturated rings. The predicted molar refractivity (Wildman–Crippen MR) is 203 cm³/mol. The number of fused-ring (bicyclic) bond motifs is 2. The zero-order valence-electron chi connectivity index (χ0n) is 30.3. The number of pyridine rings is 1. The van der Waals surface area contributed by atoms with E-state index < -0.39 is 41.2 Å². The highest BCUT2D eigenvalue weighted by Gasteiger charge is 2.35. The van der Waals surface area contributed by atoms with E-state index in [1.807, 2.05) is 6.07 Å². The minimum atomic E-state index is -4.72. The number of aryl methyl sites for hydroxylation is 1. The molecule has 11 nitrogen and oxygen atoms in total. The molecule has 0 spiro atoms. The molecule has 1 atom stereocenters. The number of alkyl halides is 3. The number of benzene rings is 2. The van der Waals surface area contributed by atoms with Crippen molar-refractivity contribution in [1.29, 1.82) is 0 Å². The van der Waals surface area contributed by atoms with Crippen LogP contribution in [0.25, 0.3) is 21.3 Å². The van der Waals surface area contributed by atoms with Crippen LogP contribution in [0.15, 0.2) is 47.3 Å². The number of hydrogen-bond donors (Lipinski definition) is 2. The Hall–Kier alpha value is -4.67. The van der Waals surface area contributed by atoms with Crippen molar-refractivity contribution in [3.8, 4) is 0 Å². The van der Waals surface area contributed by atoms with Gasteiger partial charge in [0.25, 0.3) is 5.91 Å². The number of likely N-dealkylation sites (tertiary alicyclic amines) is 1. The molecular formula is C39H38ClF4N7O4S. The van der Waals surface area contributed by atoms with E-state index in [2.05, 4.69) is 20.5 Å². The number of aromatic nitrogens is 4. The first kappa shape index (κ1) is 38.2. The van der Waals surface area contributed by atoms with E-state index in [0.717, 1.165) is 92.4 Å². The molecule has 1 aliphatic carbocycles. The fourth-order valence-corrected chi connectivity index (χ4v) is 9.96. The zero-order chi connectivity index (χ0) is 39.5. The second-order valence-electron chi connectivity index (χ2n) is 15.0. The molecule has 1 saturated carbocycles. The summed E-state index contributed by atoms with van der Waals surface area (Å²) in [6.45, 7) is 2.77. The summed E-state index contributed by atoms with van der Waals surface area (Å²) >= 11 is 8.06. The van der Waals surface area contributed by atoms with Crippen LogP contribution in [0.1, 0.15) is 96.0 Å². The number of thiazole rings is 1. The van der Waals surface area contributed by atoms with Gasteiger partial charge in [0.2, 0.25) is 11.8 Å². The molecule has 3 aromatic heterocycles. The number of imide groups is 1. The van der Waals surface area contributed by atoms with Crippen molar-refractivity contribution in [1.82, 2.24) is 29.3 Å². The molecule has 17 heteroatoms. The number of halogens is 5. The molecule has 1 unspecified atom stereocenters. The van der Waals surface area contributed by atoms with Crippen molar-refractivity contribution in [2.24, 2.45) is 13.0 Å². The van der Waals surface area contributed by atoms with Crippen molar-refractivity contribution in [3.63, 3.8) is 0 Å². The highest BCUT2D eigenvalue weighted by atomic mass is 35.5. The summed E-state index contributed by atoms with van der Waals surface area (Å²) in [6.07, 6.45) is 1.40. The summed E-state index contributed by atoms with van der Waals surface area (Å²) in [5.41, 5.74) is 0.688. The lowest BCUT2D eigenvalue weighted by molar-refractivity contribution is -0.141. The molecule has 5 heterocycles. The summed E-state index contributed by atoms with van der Waals surface area (Å²) in [4.78, 5) is 61.3. The molecule has 56 heavy (non-hydrogen) atoms. The van der Waals surface area contributed by atoms with Crippen LogP contribution < -0.4 is 16.3 Å². The van der Waals surface area contributed by atoms with Crippen molar-refractivity contribution < 1.29 is 31.9 Å². The quantitative estimate of drug-likeness (QED) is 0.128. The van der Waals surface area contributed by atoms with Crippen LogP contribution in [0.2, 0.25) is 5.02 Å². The first-order chi connectivity index (χ1) is 26.7. The lowest BCUT2D eigenvalue weighted by atomic mass is 9.81. The predicted octanol–water partition coefficient (Wildman–Crippen LogP) is 7.54. The summed E-state index contributed by atoms with van der Waals surface area (Å²) in [5.74, 6) is -1.59. The summed E-state index contributed by atoms with van der Waals surface area (Å²) in [5, 5.41) is 6.11. The summed E-state index contributed by atoms with van der Waals surface area (Å²) in [6, 6.07) is 8.57. The lowest BCUT2D eigenvalue weighted by Crippen LogP contribution is -2.44. The van der Waals surface area contributed by atoms with Gasteiger partial charge in [0.05, 0.1) is 31.9 Å². The van der Waals surface area contributed by atoms with Gasteiger partial charge in [-0.1, -0.05) is 17.7 Å². The smallest absolute Gasteiger partial charge is 0.318 e. The molecule has 2 N–H and O–H groups in total. The van der Waals surface area contributed by atoms with E-state index in [0.29, 0.717) is 26.7 Å². The average Bonchev–Trinajstić information content (AvgIpc) is 3.68. The first-order valence-electron chi connectivity index (χ1n) is 18.7. The average molecular weight is 812 g/mol. The van der Waals surface area contributed by atoms with Crippen molar-refractivity contribution in [2.75, 3.05) is 25.0 Å². The second kappa shape index (κ2) is 15.0. The largest absolute Gasteiger partial charge is 0.433 e. The van der Waals surface area contributed by atoms with Crippen molar-refractivity contribution in [3.05, 3.63) is 85.7 Å². The fraction of sp³-hybridized carbons (Fsp3) is 0.436. The third kappa shape index (κ3) is 7.45. The fourth-order valence-electron chi connectivity index (χ4n) is 8.58. The molecule has 2 aliphatic heterocycles. The number of carbonyl (C=O) groups excluding carboxylic acids is 3. The van der Waals surface area contributed by atoms with Gasteiger partial charge in [-0.15, -0.1) is 11.3 Å². The maximum Gasteiger partial charge on any atom is 0.433 e. The van der Waals surface area contributed by atoms with Gasteiger partial charge in [0.1, 0.15) is 23.2 Å². The summed E-state index contributed by atoms with van der Waals surface area (Å²) < 4.78 is 58.0. The van der Waals surface area contributed by atoms with Gasteiger partial charge in [0, 0.05) is 37.0 Å². The van der Waals surface area contributed by atoms with Gasteiger partial charge in [-0.05, 0) is 106 Å². The summed E-state index contributed by atoms with van der Waals surface area (Å²) in [7, 11) is 1.71. The van der Waals surface area contributed by atoms with Crippen LogP contribution in [0, 0.1) is 11.7 Å². The standard InChI is InChI=1S/C39H38ClF4N7O4S/c1-49-34-24(15-23(40)16-30(34)51(38(49)55)29-9-10-33(52)48-36(29)54)21-11-13-50(14-12-21)19-20-5-7-22(8-6-20)37-47-28-17-25(41)27(18-31(28)56-37)46-35(53)26-3-2-4-32(45-26)39(42,43)44/h2-4,15-18,20-22,29H,5-14,19H2,1H3,(H,46,53)(H,48,52,54)/t20-,22-,29?. The zero-order valence-corrected chi connectivity index (χ0v) is 31.9. The van der Waals surface area contributed by atoms with Crippen LogP contribution in [-0.4, -0.2) is 61.4 Å². The monoisotopic (exact) mass is 811 g/mol. The van der Waals surface area contributed by atoms with Crippen LogP contribution in [-0.2, 0) is 22.8 Å². The van der Waals surface area contributed by atoms with E-state index in [4.69, 9.17) is 16.6 Å². The van der Waals surface area contributed by atoms with Gasteiger partial charge >= 0.3 is 11.9 Å². The number of amides is 3. The Labute approximate surface area is 327 Å². The maximum atomic E-state index is 15.0. The third-order valence-corrected chi connectivity index (χ3v) is 12.8. The number of piperidine rings is 2. The highest BCUT2D eigenvalue weighted by Crippen LogP contribution is 2.41. The van der Waals surface area contributed by atoms with Gasteiger partial charge in [-0.25, -0.2) is 19.2 Å². The Balaban J connectivity index is 0.878. The maximum absolute atomic E-state index is 15.0. The second-order valence-corrected chi connectivity index (χ2v) is 16.5. The molecular weight excluding hydrogens is 774 g/mol. The van der Waals surface area contributed by atoms with E-state index in [9.17, 15) is 32.3 Å². The number of nitrogens with zero attached hydrogens (tertiary/aromatic N) is 5. The van der Waals surface area contributed by atoms with Crippen molar-refractivity contribution in [2.45, 2.75) is 75.4 Å². The Morgan fingerprint density at radius 1 is 0.982 bits per heavy atom. The SMILES string of the molecule is Cn1c(=O)n(C2CCC(=O)NC2=O)c2cc(Cl)cc(C3CCN(C[C@H]4CC[C@H](c5nc6cc(F)c(NC(=O)c7cccc(C(F)(F)F)n7)cc6s5)CC4)CC3)c21. The van der Waals surface area contributed by atoms with Crippen LogP contribution in [0.5, 0.6) is 0 Å².